The summed E-state index contributed by atoms with van der Waals surface area (Å²) in [5.74, 6) is -0.491. The highest BCUT2D eigenvalue weighted by atomic mass is 32.2. The van der Waals surface area contributed by atoms with Crippen LogP contribution in [0.2, 0.25) is 0 Å². The summed E-state index contributed by atoms with van der Waals surface area (Å²) in [6.45, 7) is 1.34. The first-order valence-corrected chi connectivity index (χ1v) is 10.5. The van der Waals surface area contributed by atoms with Crippen molar-refractivity contribution in [1.82, 2.24) is 4.90 Å². The van der Waals surface area contributed by atoms with Crippen LogP contribution >= 0.6 is 23.1 Å². The Balaban J connectivity index is 1.50. The molecule has 0 aliphatic carbocycles. The summed E-state index contributed by atoms with van der Waals surface area (Å²) in [7, 11) is 0. The van der Waals surface area contributed by atoms with Gasteiger partial charge in [-0.15, -0.1) is 23.1 Å². The van der Waals surface area contributed by atoms with Crippen LogP contribution in [0.3, 0.4) is 0 Å². The molecule has 2 aromatic rings. The van der Waals surface area contributed by atoms with E-state index in [1.165, 1.54) is 22.2 Å². The number of hydrogen-bond acceptors (Lipinski definition) is 5. The van der Waals surface area contributed by atoms with Crippen LogP contribution in [0.5, 0.6) is 0 Å². The van der Waals surface area contributed by atoms with Gasteiger partial charge in [-0.25, -0.2) is 0 Å². The minimum Gasteiger partial charge on any atom is -0.369 e. The number of primary amides is 1. The lowest BCUT2D eigenvalue weighted by Gasteiger charge is -2.27. The first kappa shape index (κ1) is 19.4. The van der Waals surface area contributed by atoms with E-state index in [0.717, 1.165) is 11.3 Å². The lowest BCUT2D eigenvalue weighted by molar-refractivity contribution is -0.133. The van der Waals surface area contributed by atoms with E-state index in [9.17, 15) is 14.4 Å². The standard InChI is InChI=1S/C19H21N3O3S2/c20-17(23)12-27-16-4-2-1-3-14(16)21-18(24)5-6-19(25)22-9-7-15-13(11-22)8-10-26-15/h1-4,8,10H,5-7,9,11-12H2,(H2,20,23)(H,21,24). The van der Waals surface area contributed by atoms with Gasteiger partial charge in [0, 0.05) is 35.7 Å². The topological polar surface area (TPSA) is 92.5 Å². The highest BCUT2D eigenvalue weighted by molar-refractivity contribution is 8.00. The maximum Gasteiger partial charge on any atom is 0.227 e. The second-order valence-corrected chi connectivity index (χ2v) is 8.25. The highest BCUT2D eigenvalue weighted by Crippen LogP contribution is 2.27. The molecule has 27 heavy (non-hydrogen) atoms. The van der Waals surface area contributed by atoms with E-state index in [-0.39, 0.29) is 30.4 Å². The number of nitrogens with zero attached hydrogens (tertiary/aromatic N) is 1. The number of benzene rings is 1. The van der Waals surface area contributed by atoms with Crippen molar-refractivity contribution in [3.8, 4) is 0 Å². The van der Waals surface area contributed by atoms with Crippen molar-refractivity contribution in [1.29, 1.82) is 0 Å². The van der Waals surface area contributed by atoms with Crippen molar-refractivity contribution < 1.29 is 14.4 Å². The van der Waals surface area contributed by atoms with E-state index < -0.39 is 5.91 Å². The molecule has 8 heteroatoms. The largest absolute Gasteiger partial charge is 0.369 e. The van der Waals surface area contributed by atoms with E-state index in [0.29, 0.717) is 18.8 Å². The van der Waals surface area contributed by atoms with E-state index >= 15 is 0 Å². The summed E-state index contributed by atoms with van der Waals surface area (Å²) in [5.41, 5.74) is 7.02. The van der Waals surface area contributed by atoms with Gasteiger partial charge in [-0.1, -0.05) is 12.1 Å². The smallest absolute Gasteiger partial charge is 0.227 e. The van der Waals surface area contributed by atoms with E-state index in [1.54, 1.807) is 23.5 Å². The van der Waals surface area contributed by atoms with Gasteiger partial charge < -0.3 is 16.0 Å². The SMILES string of the molecule is NC(=O)CSc1ccccc1NC(=O)CCC(=O)N1CCc2sccc2C1. The van der Waals surface area contributed by atoms with E-state index in [4.69, 9.17) is 5.73 Å². The zero-order valence-corrected chi connectivity index (χ0v) is 16.4. The first-order valence-electron chi connectivity index (χ1n) is 8.66. The number of thiophene rings is 1. The second kappa shape index (κ2) is 9.05. The van der Waals surface area contributed by atoms with Crippen LogP contribution in [0.4, 0.5) is 5.69 Å². The fraction of sp³-hybridized carbons (Fsp3) is 0.316. The number of anilines is 1. The predicted molar refractivity (Wildman–Crippen MR) is 108 cm³/mol. The molecule has 1 aromatic carbocycles. The summed E-state index contributed by atoms with van der Waals surface area (Å²) >= 11 is 3.01. The van der Waals surface area contributed by atoms with Gasteiger partial charge >= 0.3 is 0 Å². The Labute approximate surface area is 166 Å². The maximum absolute atomic E-state index is 12.4. The van der Waals surface area contributed by atoms with Crippen molar-refractivity contribution in [2.75, 3.05) is 17.6 Å². The third kappa shape index (κ3) is 5.33. The van der Waals surface area contributed by atoms with Crippen molar-refractivity contribution in [2.45, 2.75) is 30.7 Å². The third-order valence-corrected chi connectivity index (χ3v) is 6.38. The number of rotatable bonds is 7. The zero-order valence-electron chi connectivity index (χ0n) is 14.8. The summed E-state index contributed by atoms with van der Waals surface area (Å²) in [6.07, 6.45) is 1.19. The molecule has 0 radical (unpaired) electrons. The average molecular weight is 404 g/mol. The van der Waals surface area contributed by atoms with Gasteiger partial charge in [-0.05, 0) is 35.6 Å². The quantitative estimate of drug-likeness (QED) is 0.695. The Hall–Kier alpha value is -2.32. The van der Waals surface area contributed by atoms with E-state index in [1.807, 2.05) is 17.0 Å². The van der Waals surface area contributed by atoms with Gasteiger partial charge in [0.05, 0.1) is 11.4 Å². The normalized spacial score (nSPS) is 13.1. The van der Waals surface area contributed by atoms with Crippen LogP contribution in [-0.4, -0.2) is 34.9 Å². The Morgan fingerprint density at radius 3 is 2.81 bits per heavy atom. The van der Waals surface area contributed by atoms with Crippen LogP contribution in [-0.2, 0) is 27.3 Å². The van der Waals surface area contributed by atoms with Crippen LogP contribution < -0.4 is 11.1 Å². The minimum absolute atomic E-state index is 0.00149. The fourth-order valence-electron chi connectivity index (χ4n) is 2.90. The Bertz CT molecular complexity index is 850. The molecule has 0 atom stereocenters. The molecule has 6 nitrogen and oxygen atoms in total. The number of carbonyl (C=O) groups excluding carboxylic acids is 3. The van der Waals surface area contributed by atoms with Crippen molar-refractivity contribution in [3.63, 3.8) is 0 Å². The number of nitrogens with two attached hydrogens (primary N) is 1. The number of nitrogens with one attached hydrogen (secondary N) is 1. The maximum atomic E-state index is 12.4. The Morgan fingerprint density at radius 1 is 1.19 bits per heavy atom. The summed E-state index contributed by atoms with van der Waals surface area (Å²) in [4.78, 5) is 39.6. The first-order chi connectivity index (χ1) is 13.0. The van der Waals surface area contributed by atoms with Crippen molar-refractivity contribution in [3.05, 3.63) is 46.2 Å². The Kier molecular flexibility index (Phi) is 6.52. The monoisotopic (exact) mass is 403 g/mol. The molecule has 3 rings (SSSR count). The number of hydrogen-bond donors (Lipinski definition) is 2. The number of amides is 3. The Morgan fingerprint density at radius 2 is 2.00 bits per heavy atom. The highest BCUT2D eigenvalue weighted by Gasteiger charge is 2.21. The van der Waals surface area contributed by atoms with Crippen molar-refractivity contribution >= 4 is 46.5 Å². The van der Waals surface area contributed by atoms with Crippen LogP contribution in [0.15, 0.2) is 40.6 Å². The predicted octanol–water partition coefficient (Wildman–Crippen LogP) is 2.63. The molecular weight excluding hydrogens is 382 g/mol. The molecule has 1 aromatic heterocycles. The molecule has 142 valence electrons. The molecular formula is C19H21N3O3S2. The molecule has 0 unspecified atom stereocenters. The molecule has 3 N–H and O–H groups in total. The van der Waals surface area contributed by atoms with Gasteiger partial charge in [0.15, 0.2) is 0 Å². The molecule has 0 bridgehead atoms. The molecule has 0 spiro atoms. The molecule has 0 saturated carbocycles. The third-order valence-electron chi connectivity index (χ3n) is 4.26. The molecule has 0 fully saturated rings. The number of carbonyl (C=O) groups is 3. The molecule has 1 aliphatic rings. The van der Waals surface area contributed by atoms with E-state index in [2.05, 4.69) is 16.8 Å². The average Bonchev–Trinajstić information content (AvgIpc) is 3.13. The second-order valence-electron chi connectivity index (χ2n) is 6.23. The molecule has 3 amide bonds. The van der Waals surface area contributed by atoms with Gasteiger partial charge in [0.1, 0.15) is 0 Å². The van der Waals surface area contributed by atoms with Crippen LogP contribution in [0.1, 0.15) is 23.3 Å². The minimum atomic E-state index is -0.415. The zero-order chi connectivity index (χ0) is 19.2. The van der Waals surface area contributed by atoms with Crippen LogP contribution in [0.25, 0.3) is 0 Å². The summed E-state index contributed by atoms with van der Waals surface area (Å²) in [5, 5.41) is 4.88. The van der Waals surface area contributed by atoms with Gasteiger partial charge in [-0.2, -0.15) is 0 Å². The number of fused-ring (bicyclic) bond motifs is 1. The van der Waals surface area contributed by atoms with Gasteiger partial charge in [-0.3, -0.25) is 14.4 Å². The molecule has 0 saturated heterocycles. The van der Waals surface area contributed by atoms with Gasteiger partial charge in [0.2, 0.25) is 17.7 Å². The lowest BCUT2D eigenvalue weighted by Crippen LogP contribution is -2.35. The molecule has 1 aliphatic heterocycles. The van der Waals surface area contributed by atoms with Crippen molar-refractivity contribution in [2.24, 2.45) is 5.73 Å². The lowest BCUT2D eigenvalue weighted by atomic mass is 10.1. The number of thioether (sulfide) groups is 1. The summed E-state index contributed by atoms with van der Waals surface area (Å²) in [6, 6.07) is 9.29. The number of para-hydroxylation sites is 1. The fourth-order valence-corrected chi connectivity index (χ4v) is 4.53. The van der Waals surface area contributed by atoms with Gasteiger partial charge in [0.25, 0.3) is 0 Å². The van der Waals surface area contributed by atoms with Crippen LogP contribution in [0, 0.1) is 0 Å². The molecule has 2 heterocycles. The summed E-state index contributed by atoms with van der Waals surface area (Å²) < 4.78 is 0.